The molecule has 1 unspecified atom stereocenters. The van der Waals surface area contributed by atoms with Crippen molar-refractivity contribution >= 4 is 11.6 Å². The molecule has 0 aromatic heterocycles. The van der Waals surface area contributed by atoms with Gasteiger partial charge in [-0.2, -0.15) is 5.06 Å². The number of nitrogens with zero attached hydrogens (tertiary/aromatic N) is 1. The summed E-state index contributed by atoms with van der Waals surface area (Å²) in [6.45, 7) is 0.889. The molecule has 1 aromatic carbocycles. The molecule has 0 bridgehead atoms. The van der Waals surface area contributed by atoms with Gasteiger partial charge >= 0.3 is 0 Å². The van der Waals surface area contributed by atoms with Crippen LogP contribution in [0.15, 0.2) is 24.3 Å². The van der Waals surface area contributed by atoms with E-state index in [9.17, 15) is 9.90 Å². The van der Waals surface area contributed by atoms with Crippen molar-refractivity contribution in [1.82, 2.24) is 5.32 Å². The van der Waals surface area contributed by atoms with Gasteiger partial charge in [-0.05, 0) is 24.7 Å². The molecule has 5 heteroatoms. The van der Waals surface area contributed by atoms with Crippen molar-refractivity contribution in [2.75, 3.05) is 25.3 Å². The highest BCUT2D eigenvalue weighted by molar-refractivity contribution is 5.92. The Hall–Kier alpha value is -1.43. The Bertz CT molecular complexity index is 408. The number of aliphatic hydroxyl groups excluding tert-OH is 1. The van der Waals surface area contributed by atoms with E-state index in [0.717, 1.165) is 5.56 Å². The van der Waals surface area contributed by atoms with Gasteiger partial charge in [-0.25, -0.2) is 0 Å². The van der Waals surface area contributed by atoms with E-state index in [0.29, 0.717) is 25.3 Å². The zero-order valence-electron chi connectivity index (χ0n) is 9.72. The number of carbonyl (C=O) groups is 1. The number of hydrogen-bond donors (Lipinski definition) is 2. The molecular formula is C12H16N2O3. The molecule has 0 radical (unpaired) electrons. The topological polar surface area (TPSA) is 61.8 Å². The fourth-order valence-corrected chi connectivity index (χ4v) is 1.79. The highest BCUT2D eigenvalue weighted by Crippen LogP contribution is 2.23. The fraction of sp³-hybridized carbons (Fsp3) is 0.417. The molecule has 0 aliphatic carbocycles. The average Bonchev–Trinajstić information content (AvgIpc) is 2.76. The van der Waals surface area contributed by atoms with Crippen LogP contribution in [0.3, 0.4) is 0 Å². The molecule has 5 nitrogen and oxygen atoms in total. The van der Waals surface area contributed by atoms with Crippen molar-refractivity contribution in [3.63, 3.8) is 0 Å². The molecule has 2 rings (SSSR count). The first-order valence-corrected chi connectivity index (χ1v) is 5.61. The Kier molecular flexibility index (Phi) is 3.73. The lowest BCUT2D eigenvalue weighted by molar-refractivity contribution is -0.119. The molecule has 0 spiro atoms. The van der Waals surface area contributed by atoms with E-state index in [2.05, 4.69) is 5.32 Å². The first-order chi connectivity index (χ1) is 8.22. The minimum atomic E-state index is -0.586. The largest absolute Gasteiger partial charge is 0.387 e. The maximum absolute atomic E-state index is 11.5. The summed E-state index contributed by atoms with van der Waals surface area (Å²) >= 11 is 0. The molecule has 92 valence electrons. The van der Waals surface area contributed by atoms with Gasteiger partial charge in [-0.1, -0.05) is 12.1 Å². The Morgan fingerprint density at radius 3 is 3.06 bits per heavy atom. The van der Waals surface area contributed by atoms with Crippen molar-refractivity contribution in [3.05, 3.63) is 29.8 Å². The third kappa shape index (κ3) is 2.63. The maximum atomic E-state index is 11.5. The Balaban J connectivity index is 2.19. The fourth-order valence-electron chi connectivity index (χ4n) is 1.79. The summed E-state index contributed by atoms with van der Waals surface area (Å²) in [5.41, 5.74) is 1.43. The van der Waals surface area contributed by atoms with Crippen molar-refractivity contribution in [1.29, 1.82) is 0 Å². The minimum Gasteiger partial charge on any atom is -0.387 e. The van der Waals surface area contributed by atoms with E-state index < -0.39 is 6.10 Å². The summed E-state index contributed by atoms with van der Waals surface area (Å²) in [7, 11) is 1.78. The van der Waals surface area contributed by atoms with Gasteiger partial charge in [0.2, 0.25) is 0 Å². The third-order valence-electron chi connectivity index (χ3n) is 2.65. The van der Waals surface area contributed by atoms with Gasteiger partial charge in [0.05, 0.1) is 24.8 Å². The number of hydrogen-bond acceptors (Lipinski definition) is 4. The van der Waals surface area contributed by atoms with Gasteiger partial charge in [0, 0.05) is 6.54 Å². The summed E-state index contributed by atoms with van der Waals surface area (Å²) in [4.78, 5) is 16.7. The van der Waals surface area contributed by atoms with Crippen LogP contribution in [0.25, 0.3) is 0 Å². The van der Waals surface area contributed by atoms with Crippen LogP contribution in [-0.2, 0) is 9.63 Å². The van der Waals surface area contributed by atoms with Gasteiger partial charge in [0.25, 0.3) is 5.91 Å². The SMILES string of the molecule is CNCC(O)c1cccc(N2OCCC2=O)c1. The lowest BCUT2D eigenvalue weighted by Gasteiger charge is -2.16. The van der Waals surface area contributed by atoms with E-state index in [1.165, 1.54) is 5.06 Å². The standard InChI is InChI=1S/C12H16N2O3/c1-13-8-11(15)9-3-2-4-10(7-9)14-12(16)5-6-17-14/h2-4,7,11,13,15H,5-6,8H2,1H3. The lowest BCUT2D eigenvalue weighted by Crippen LogP contribution is -2.23. The van der Waals surface area contributed by atoms with Gasteiger partial charge in [0.1, 0.15) is 0 Å². The predicted molar refractivity (Wildman–Crippen MR) is 63.4 cm³/mol. The number of nitrogens with one attached hydrogen (secondary N) is 1. The van der Waals surface area contributed by atoms with Gasteiger partial charge < -0.3 is 10.4 Å². The average molecular weight is 236 g/mol. The van der Waals surface area contributed by atoms with Crippen molar-refractivity contribution in [3.8, 4) is 0 Å². The van der Waals surface area contributed by atoms with E-state index >= 15 is 0 Å². The Labute approximate surface area is 99.9 Å². The molecule has 1 saturated heterocycles. The second-order valence-corrected chi connectivity index (χ2v) is 3.94. The molecular weight excluding hydrogens is 220 g/mol. The molecule has 0 saturated carbocycles. The van der Waals surface area contributed by atoms with Crippen LogP contribution in [0.4, 0.5) is 5.69 Å². The van der Waals surface area contributed by atoms with Gasteiger partial charge in [-0.3, -0.25) is 9.63 Å². The van der Waals surface area contributed by atoms with E-state index in [1.54, 1.807) is 25.2 Å². The van der Waals surface area contributed by atoms with E-state index in [-0.39, 0.29) is 5.91 Å². The highest BCUT2D eigenvalue weighted by atomic mass is 16.7. The molecule has 1 aliphatic heterocycles. The molecule has 1 heterocycles. The second kappa shape index (κ2) is 5.27. The van der Waals surface area contributed by atoms with Crippen LogP contribution in [0.2, 0.25) is 0 Å². The molecule has 1 atom stereocenters. The summed E-state index contributed by atoms with van der Waals surface area (Å²) in [5.74, 6) is -0.0507. The first kappa shape index (κ1) is 12.0. The van der Waals surface area contributed by atoms with Crippen molar-refractivity contribution in [2.45, 2.75) is 12.5 Å². The zero-order valence-corrected chi connectivity index (χ0v) is 9.72. The number of rotatable bonds is 4. The van der Waals surface area contributed by atoms with Crippen LogP contribution in [0, 0.1) is 0 Å². The van der Waals surface area contributed by atoms with Crippen LogP contribution < -0.4 is 10.4 Å². The Morgan fingerprint density at radius 1 is 1.59 bits per heavy atom. The zero-order chi connectivity index (χ0) is 12.3. The summed E-state index contributed by atoms with van der Waals surface area (Å²) in [6.07, 6.45) is -0.179. The Morgan fingerprint density at radius 2 is 2.41 bits per heavy atom. The summed E-state index contributed by atoms with van der Waals surface area (Å²) in [6, 6.07) is 7.19. The monoisotopic (exact) mass is 236 g/mol. The summed E-state index contributed by atoms with van der Waals surface area (Å²) < 4.78 is 0. The lowest BCUT2D eigenvalue weighted by atomic mass is 10.1. The van der Waals surface area contributed by atoms with Crippen molar-refractivity contribution in [2.24, 2.45) is 0 Å². The van der Waals surface area contributed by atoms with Crippen molar-refractivity contribution < 1.29 is 14.7 Å². The molecule has 1 aliphatic rings. The number of amides is 1. The van der Waals surface area contributed by atoms with E-state index in [1.807, 2.05) is 6.07 Å². The number of benzene rings is 1. The molecule has 1 fully saturated rings. The number of aliphatic hydroxyl groups is 1. The molecule has 2 N–H and O–H groups in total. The molecule has 17 heavy (non-hydrogen) atoms. The van der Waals surface area contributed by atoms with Crippen LogP contribution >= 0.6 is 0 Å². The quantitative estimate of drug-likeness (QED) is 0.804. The highest BCUT2D eigenvalue weighted by Gasteiger charge is 2.23. The smallest absolute Gasteiger partial charge is 0.253 e. The number of carbonyl (C=O) groups excluding carboxylic acids is 1. The van der Waals surface area contributed by atoms with Gasteiger partial charge in [0.15, 0.2) is 0 Å². The van der Waals surface area contributed by atoms with Gasteiger partial charge in [-0.15, -0.1) is 0 Å². The van der Waals surface area contributed by atoms with Crippen LogP contribution in [0.1, 0.15) is 18.1 Å². The van der Waals surface area contributed by atoms with Crippen LogP contribution in [0.5, 0.6) is 0 Å². The maximum Gasteiger partial charge on any atom is 0.253 e. The summed E-state index contributed by atoms with van der Waals surface area (Å²) in [5, 5.41) is 14.0. The van der Waals surface area contributed by atoms with Crippen LogP contribution in [-0.4, -0.2) is 31.2 Å². The first-order valence-electron chi connectivity index (χ1n) is 5.61. The predicted octanol–water partition coefficient (Wildman–Crippen LogP) is 0.608. The van der Waals surface area contributed by atoms with E-state index in [4.69, 9.17) is 4.84 Å². The number of likely N-dealkylation sites (N-methyl/N-ethyl adjacent to an activating group) is 1. The second-order valence-electron chi connectivity index (χ2n) is 3.94. The number of hydroxylamine groups is 1. The molecule has 1 aromatic rings. The minimum absolute atomic E-state index is 0.0507. The normalized spacial score (nSPS) is 17.5. The molecule has 1 amide bonds. The third-order valence-corrected chi connectivity index (χ3v) is 2.65. The number of anilines is 1.